The van der Waals surface area contributed by atoms with E-state index in [0.29, 0.717) is 18.8 Å². The average Bonchev–Trinajstić information content (AvgIpc) is 2.49. The Morgan fingerprint density at radius 1 is 1.29 bits per heavy atom. The number of fused-ring (bicyclic) bond motifs is 1. The minimum absolute atomic E-state index is 0.287. The standard InChI is InChI=1S/C12H13FN2O2/c1-14(2)5-6-15-10-7-8(13)3-4-9(10)11(16)12(15)17/h3-4,7H,5-6H2,1-2H3. The van der Waals surface area contributed by atoms with E-state index in [1.165, 1.54) is 23.1 Å². The lowest BCUT2D eigenvalue weighted by Gasteiger charge is -2.19. The Balaban J connectivity index is 2.33. The second-order valence-electron chi connectivity index (χ2n) is 4.25. The van der Waals surface area contributed by atoms with Crippen LogP contribution < -0.4 is 4.90 Å². The fourth-order valence-corrected chi connectivity index (χ4v) is 1.79. The van der Waals surface area contributed by atoms with Crippen LogP contribution >= 0.6 is 0 Å². The van der Waals surface area contributed by atoms with Crippen molar-refractivity contribution in [2.75, 3.05) is 32.1 Å². The summed E-state index contributed by atoms with van der Waals surface area (Å²) in [5.41, 5.74) is 0.664. The van der Waals surface area contributed by atoms with Gasteiger partial charge in [0.25, 0.3) is 11.7 Å². The molecule has 0 radical (unpaired) electrons. The highest BCUT2D eigenvalue weighted by atomic mass is 19.1. The number of hydrogen-bond acceptors (Lipinski definition) is 3. The first-order valence-electron chi connectivity index (χ1n) is 5.31. The number of Topliss-reactive ketones (excluding diaryl/α,β-unsaturated/α-hetero) is 1. The zero-order valence-electron chi connectivity index (χ0n) is 9.74. The highest BCUT2D eigenvalue weighted by Crippen LogP contribution is 2.29. The number of nitrogens with zero attached hydrogens (tertiary/aromatic N) is 2. The van der Waals surface area contributed by atoms with E-state index in [2.05, 4.69) is 0 Å². The molecule has 0 unspecified atom stereocenters. The monoisotopic (exact) mass is 236 g/mol. The number of rotatable bonds is 3. The molecular weight excluding hydrogens is 223 g/mol. The van der Waals surface area contributed by atoms with Crippen LogP contribution in [0.3, 0.4) is 0 Å². The summed E-state index contributed by atoms with van der Waals surface area (Å²) in [7, 11) is 3.74. The van der Waals surface area contributed by atoms with Gasteiger partial charge in [0, 0.05) is 13.1 Å². The van der Waals surface area contributed by atoms with Gasteiger partial charge in [-0.05, 0) is 32.3 Å². The maximum Gasteiger partial charge on any atom is 0.299 e. The summed E-state index contributed by atoms with van der Waals surface area (Å²) in [6.07, 6.45) is 0. The van der Waals surface area contributed by atoms with Crippen molar-refractivity contribution in [2.24, 2.45) is 0 Å². The van der Waals surface area contributed by atoms with Crippen LogP contribution in [0, 0.1) is 5.82 Å². The molecule has 1 aromatic carbocycles. The molecule has 0 N–H and O–H groups in total. The lowest BCUT2D eigenvalue weighted by atomic mass is 10.1. The van der Waals surface area contributed by atoms with Crippen molar-refractivity contribution in [1.29, 1.82) is 0 Å². The number of halogens is 1. The molecule has 0 spiro atoms. The van der Waals surface area contributed by atoms with Crippen LogP contribution in [0.25, 0.3) is 0 Å². The molecule has 0 atom stereocenters. The molecule has 4 nitrogen and oxygen atoms in total. The predicted molar refractivity (Wildman–Crippen MR) is 61.6 cm³/mol. The summed E-state index contributed by atoms with van der Waals surface area (Å²) < 4.78 is 13.1. The van der Waals surface area contributed by atoms with Gasteiger partial charge in [-0.15, -0.1) is 0 Å². The molecule has 1 aliphatic rings. The Labute approximate surface area is 98.6 Å². The molecule has 0 aliphatic carbocycles. The molecule has 0 saturated heterocycles. The Morgan fingerprint density at radius 3 is 2.65 bits per heavy atom. The number of benzene rings is 1. The largest absolute Gasteiger partial charge is 0.308 e. The fraction of sp³-hybridized carbons (Fsp3) is 0.333. The zero-order chi connectivity index (χ0) is 12.6. The topological polar surface area (TPSA) is 40.6 Å². The van der Waals surface area contributed by atoms with Crippen molar-refractivity contribution in [1.82, 2.24) is 4.90 Å². The summed E-state index contributed by atoms with van der Waals surface area (Å²) in [5.74, 6) is -1.58. The van der Waals surface area contributed by atoms with Crippen molar-refractivity contribution >= 4 is 17.4 Å². The van der Waals surface area contributed by atoms with E-state index in [1.54, 1.807) is 0 Å². The van der Waals surface area contributed by atoms with E-state index in [0.717, 1.165) is 0 Å². The quantitative estimate of drug-likeness (QED) is 0.733. The summed E-state index contributed by atoms with van der Waals surface area (Å²) in [4.78, 5) is 26.6. The molecule has 90 valence electrons. The van der Waals surface area contributed by atoms with Crippen molar-refractivity contribution in [3.63, 3.8) is 0 Å². The number of carbonyl (C=O) groups excluding carboxylic acids is 2. The van der Waals surface area contributed by atoms with E-state index in [1.807, 2.05) is 19.0 Å². The van der Waals surface area contributed by atoms with Gasteiger partial charge in [0.2, 0.25) is 0 Å². The van der Waals surface area contributed by atoms with Gasteiger partial charge in [-0.25, -0.2) is 4.39 Å². The second-order valence-corrected chi connectivity index (χ2v) is 4.25. The molecule has 2 rings (SSSR count). The van der Waals surface area contributed by atoms with Crippen LogP contribution in [0.1, 0.15) is 10.4 Å². The molecule has 1 heterocycles. The lowest BCUT2D eigenvalue weighted by molar-refractivity contribution is -0.114. The van der Waals surface area contributed by atoms with Gasteiger partial charge < -0.3 is 9.80 Å². The van der Waals surface area contributed by atoms with Crippen LogP contribution in [0.15, 0.2) is 18.2 Å². The zero-order valence-corrected chi connectivity index (χ0v) is 9.74. The van der Waals surface area contributed by atoms with Gasteiger partial charge in [-0.1, -0.05) is 0 Å². The molecule has 1 aromatic rings. The van der Waals surface area contributed by atoms with Gasteiger partial charge in [-0.3, -0.25) is 9.59 Å². The van der Waals surface area contributed by atoms with Crippen LogP contribution in [0.4, 0.5) is 10.1 Å². The first-order chi connectivity index (χ1) is 8.00. The Morgan fingerprint density at radius 2 is 2.00 bits per heavy atom. The average molecular weight is 236 g/mol. The smallest absolute Gasteiger partial charge is 0.299 e. The minimum atomic E-state index is -0.576. The van der Waals surface area contributed by atoms with Crippen LogP contribution in [-0.4, -0.2) is 43.8 Å². The predicted octanol–water partition coefficient (Wildman–Crippen LogP) is 0.917. The normalized spacial score (nSPS) is 14.7. The maximum absolute atomic E-state index is 13.1. The molecule has 1 aliphatic heterocycles. The van der Waals surface area contributed by atoms with E-state index in [4.69, 9.17) is 0 Å². The third-order valence-corrected chi connectivity index (χ3v) is 2.71. The van der Waals surface area contributed by atoms with Crippen molar-refractivity contribution in [3.05, 3.63) is 29.6 Å². The number of ketones is 1. The second kappa shape index (κ2) is 4.25. The lowest BCUT2D eigenvalue weighted by Crippen LogP contribution is -2.35. The van der Waals surface area contributed by atoms with Gasteiger partial charge in [0.15, 0.2) is 0 Å². The van der Waals surface area contributed by atoms with E-state index < -0.39 is 17.5 Å². The number of likely N-dealkylation sites (N-methyl/N-ethyl adjacent to an activating group) is 1. The molecule has 0 aromatic heterocycles. The summed E-state index contributed by atoms with van der Waals surface area (Å²) in [6.45, 7) is 1.00. The SMILES string of the molecule is CN(C)CCN1C(=O)C(=O)c2ccc(F)cc21. The summed E-state index contributed by atoms with van der Waals surface area (Å²) in [5, 5.41) is 0. The van der Waals surface area contributed by atoms with E-state index in [-0.39, 0.29) is 5.56 Å². The molecule has 0 fully saturated rings. The van der Waals surface area contributed by atoms with Gasteiger partial charge in [-0.2, -0.15) is 0 Å². The first-order valence-corrected chi connectivity index (χ1v) is 5.31. The summed E-state index contributed by atoms with van der Waals surface area (Å²) >= 11 is 0. The third kappa shape index (κ3) is 2.06. The summed E-state index contributed by atoms with van der Waals surface area (Å²) in [6, 6.07) is 3.79. The van der Waals surface area contributed by atoms with Crippen LogP contribution in [0.2, 0.25) is 0 Å². The van der Waals surface area contributed by atoms with E-state index >= 15 is 0 Å². The Kier molecular flexibility index (Phi) is 2.93. The minimum Gasteiger partial charge on any atom is -0.308 e. The number of hydrogen-bond donors (Lipinski definition) is 0. The molecule has 0 saturated carbocycles. The van der Waals surface area contributed by atoms with Gasteiger partial charge in [0.1, 0.15) is 5.82 Å². The van der Waals surface area contributed by atoms with Gasteiger partial charge >= 0.3 is 0 Å². The number of carbonyl (C=O) groups is 2. The Bertz CT molecular complexity index is 485. The van der Waals surface area contributed by atoms with E-state index in [9.17, 15) is 14.0 Å². The molecule has 5 heteroatoms. The third-order valence-electron chi connectivity index (χ3n) is 2.71. The Hall–Kier alpha value is -1.75. The number of anilines is 1. The molecule has 17 heavy (non-hydrogen) atoms. The maximum atomic E-state index is 13.1. The first kappa shape index (κ1) is 11.7. The highest BCUT2D eigenvalue weighted by Gasteiger charge is 2.35. The molecular formula is C12H13FN2O2. The highest BCUT2D eigenvalue weighted by molar-refractivity contribution is 6.52. The number of amides is 1. The fourth-order valence-electron chi connectivity index (χ4n) is 1.79. The van der Waals surface area contributed by atoms with Gasteiger partial charge in [0.05, 0.1) is 11.3 Å². The molecule has 0 bridgehead atoms. The van der Waals surface area contributed by atoms with Crippen LogP contribution in [0.5, 0.6) is 0 Å². The van der Waals surface area contributed by atoms with Crippen molar-refractivity contribution in [2.45, 2.75) is 0 Å². The molecule has 1 amide bonds. The van der Waals surface area contributed by atoms with Crippen molar-refractivity contribution in [3.8, 4) is 0 Å². The van der Waals surface area contributed by atoms with Crippen LogP contribution in [-0.2, 0) is 4.79 Å². The van der Waals surface area contributed by atoms with Crippen molar-refractivity contribution < 1.29 is 14.0 Å².